The van der Waals surface area contributed by atoms with Crippen LogP contribution in [0, 0.1) is 0 Å². The fraction of sp³-hybridized carbons (Fsp3) is 0.273. The minimum atomic E-state index is -4.91. The van der Waals surface area contributed by atoms with Gasteiger partial charge in [-0.3, -0.25) is 0 Å². The van der Waals surface area contributed by atoms with E-state index in [1.165, 1.54) is 7.11 Å². The molecule has 0 fully saturated rings. The van der Waals surface area contributed by atoms with Crippen LogP contribution in [0.15, 0.2) is 42.5 Å². The van der Waals surface area contributed by atoms with Crippen LogP contribution in [-0.2, 0) is 17.8 Å². The minimum Gasteiger partial charge on any atom is -0.497 e. The predicted octanol–water partition coefficient (Wildman–Crippen LogP) is 7.19. The van der Waals surface area contributed by atoms with Gasteiger partial charge >= 0.3 is 12.4 Å². The first-order valence-electron chi connectivity index (χ1n) is 8.80. The second-order valence-corrected chi connectivity index (χ2v) is 7.64. The van der Waals surface area contributed by atoms with Gasteiger partial charge in [-0.05, 0) is 57.3 Å². The first kappa shape index (κ1) is 19.6. The summed E-state index contributed by atoms with van der Waals surface area (Å²) in [5, 5.41) is 1.26. The highest BCUT2D eigenvalue weighted by Crippen LogP contribution is 2.56. The Bertz CT molecular complexity index is 1140. The summed E-state index contributed by atoms with van der Waals surface area (Å²) in [5.74, 6) is 0.551. The zero-order valence-corrected chi connectivity index (χ0v) is 15.7. The number of rotatable bonds is 1. The summed E-state index contributed by atoms with van der Waals surface area (Å²) in [4.78, 5) is 0. The van der Waals surface area contributed by atoms with Gasteiger partial charge in [-0.15, -0.1) is 0 Å². The molecule has 0 atom stereocenters. The largest absolute Gasteiger partial charge is 0.497 e. The smallest absolute Gasteiger partial charge is 0.416 e. The maximum absolute atomic E-state index is 13.8. The van der Waals surface area contributed by atoms with Gasteiger partial charge < -0.3 is 4.74 Å². The van der Waals surface area contributed by atoms with Gasteiger partial charge in [0, 0.05) is 5.41 Å². The van der Waals surface area contributed by atoms with E-state index in [1.54, 1.807) is 44.2 Å². The third kappa shape index (κ3) is 2.86. The number of hydrogen-bond acceptors (Lipinski definition) is 1. The van der Waals surface area contributed by atoms with E-state index in [1.807, 2.05) is 0 Å². The zero-order valence-electron chi connectivity index (χ0n) is 15.7. The van der Waals surface area contributed by atoms with Crippen molar-refractivity contribution in [2.24, 2.45) is 0 Å². The molecular formula is C22H16F6O. The Labute approximate surface area is 162 Å². The van der Waals surface area contributed by atoms with E-state index in [4.69, 9.17) is 4.74 Å². The van der Waals surface area contributed by atoms with Gasteiger partial charge in [-0.1, -0.05) is 32.0 Å². The molecule has 0 radical (unpaired) electrons. The van der Waals surface area contributed by atoms with Crippen LogP contribution in [0.25, 0.3) is 21.9 Å². The molecular weight excluding hydrogens is 394 g/mol. The third-order valence-electron chi connectivity index (χ3n) is 5.57. The number of alkyl halides is 6. The topological polar surface area (TPSA) is 9.23 Å². The summed E-state index contributed by atoms with van der Waals surface area (Å²) < 4.78 is 86.9. The third-order valence-corrected chi connectivity index (χ3v) is 5.57. The Morgan fingerprint density at radius 1 is 0.828 bits per heavy atom. The first-order valence-corrected chi connectivity index (χ1v) is 8.80. The van der Waals surface area contributed by atoms with Gasteiger partial charge in [-0.2, -0.15) is 26.3 Å². The molecule has 0 saturated heterocycles. The van der Waals surface area contributed by atoms with E-state index >= 15 is 0 Å². The fourth-order valence-corrected chi connectivity index (χ4v) is 4.28. The van der Waals surface area contributed by atoms with Gasteiger partial charge in [0.1, 0.15) is 5.75 Å². The average molecular weight is 410 g/mol. The summed E-state index contributed by atoms with van der Waals surface area (Å²) in [6.07, 6.45) is -9.81. The lowest BCUT2D eigenvalue weighted by Crippen LogP contribution is -2.22. The zero-order chi connectivity index (χ0) is 21.4. The molecule has 0 saturated carbocycles. The van der Waals surface area contributed by atoms with Crippen LogP contribution in [0.4, 0.5) is 26.3 Å². The van der Waals surface area contributed by atoms with Gasteiger partial charge in [0.15, 0.2) is 0 Å². The molecule has 0 aromatic heterocycles. The Hall–Kier alpha value is -2.70. The number of fused-ring (bicyclic) bond motifs is 5. The molecule has 0 heterocycles. The molecule has 0 unspecified atom stereocenters. The molecule has 1 nitrogen and oxygen atoms in total. The molecule has 0 aliphatic heterocycles. The minimum absolute atomic E-state index is 0.0251. The number of halogens is 6. The number of hydrogen-bond donors (Lipinski definition) is 0. The molecule has 0 bridgehead atoms. The highest BCUT2D eigenvalue weighted by Gasteiger charge is 2.47. The average Bonchev–Trinajstić information content (AvgIpc) is 2.86. The molecule has 1 aliphatic rings. The van der Waals surface area contributed by atoms with E-state index in [2.05, 4.69) is 0 Å². The van der Waals surface area contributed by atoms with Crippen molar-refractivity contribution in [1.29, 1.82) is 0 Å². The molecule has 1 aliphatic carbocycles. The normalized spacial score (nSPS) is 15.3. The second kappa shape index (κ2) is 5.90. The Kier molecular flexibility index (Phi) is 3.99. The van der Waals surface area contributed by atoms with Crippen molar-refractivity contribution in [3.8, 4) is 16.9 Å². The summed E-state index contributed by atoms with van der Waals surface area (Å²) in [6, 6.07) is 9.52. The van der Waals surface area contributed by atoms with E-state index in [9.17, 15) is 26.3 Å². The lowest BCUT2D eigenvalue weighted by molar-refractivity contribution is -0.143. The highest BCUT2D eigenvalue weighted by molar-refractivity contribution is 6.03. The fourth-order valence-electron chi connectivity index (χ4n) is 4.28. The molecule has 3 aromatic rings. The van der Waals surface area contributed by atoms with Gasteiger partial charge in [0.2, 0.25) is 0 Å². The van der Waals surface area contributed by atoms with E-state index in [0.29, 0.717) is 27.6 Å². The molecule has 3 aromatic carbocycles. The van der Waals surface area contributed by atoms with E-state index in [0.717, 1.165) is 6.07 Å². The Balaban J connectivity index is 2.16. The lowest BCUT2D eigenvalue weighted by atomic mass is 9.79. The molecule has 0 N–H and O–H groups in total. The maximum Gasteiger partial charge on any atom is 0.416 e. The predicted molar refractivity (Wildman–Crippen MR) is 98.1 cm³/mol. The van der Waals surface area contributed by atoms with Crippen molar-refractivity contribution in [3.63, 3.8) is 0 Å². The van der Waals surface area contributed by atoms with Crippen molar-refractivity contribution in [2.75, 3.05) is 7.11 Å². The van der Waals surface area contributed by atoms with Crippen LogP contribution >= 0.6 is 0 Å². The van der Waals surface area contributed by atoms with Gasteiger partial charge in [-0.25, -0.2) is 0 Å². The van der Waals surface area contributed by atoms with Crippen molar-refractivity contribution >= 4 is 10.8 Å². The standard InChI is InChI=1S/C22H16F6O/c1-20(2)16-7-4-11-8-13(29-3)5-6-14(11)18(16)15-9-12(21(23,24)25)10-17(19(15)20)22(26,27)28/h4-10H,1-3H3. The van der Waals surface area contributed by atoms with E-state index in [-0.39, 0.29) is 17.2 Å². The number of benzene rings is 3. The van der Waals surface area contributed by atoms with Crippen molar-refractivity contribution in [2.45, 2.75) is 31.6 Å². The number of ether oxygens (including phenoxy) is 1. The summed E-state index contributed by atoms with van der Waals surface area (Å²) in [7, 11) is 1.48. The summed E-state index contributed by atoms with van der Waals surface area (Å²) in [6.45, 7) is 3.21. The highest BCUT2D eigenvalue weighted by atomic mass is 19.4. The molecule has 7 heteroatoms. The van der Waals surface area contributed by atoms with Crippen LogP contribution in [-0.4, -0.2) is 7.11 Å². The van der Waals surface area contributed by atoms with Crippen molar-refractivity contribution < 1.29 is 31.1 Å². The Morgan fingerprint density at radius 2 is 1.52 bits per heavy atom. The molecule has 0 spiro atoms. The summed E-state index contributed by atoms with van der Waals surface area (Å²) in [5.41, 5.74) is -2.84. The second-order valence-electron chi connectivity index (χ2n) is 7.64. The molecule has 152 valence electrons. The SMILES string of the molecule is COc1ccc2c3c(ccc2c1)C(C)(C)c1c-3cc(C(F)(F)F)cc1C(F)(F)F. The molecule has 29 heavy (non-hydrogen) atoms. The Morgan fingerprint density at radius 3 is 2.10 bits per heavy atom. The van der Waals surface area contributed by atoms with E-state index < -0.39 is 28.9 Å². The van der Waals surface area contributed by atoms with Crippen molar-refractivity contribution in [1.82, 2.24) is 0 Å². The van der Waals surface area contributed by atoms with Crippen LogP contribution in [0.2, 0.25) is 0 Å². The van der Waals surface area contributed by atoms with Crippen molar-refractivity contribution in [3.05, 3.63) is 64.7 Å². The van der Waals surface area contributed by atoms with Crippen LogP contribution < -0.4 is 4.74 Å². The number of methoxy groups -OCH3 is 1. The van der Waals surface area contributed by atoms with Crippen LogP contribution in [0.1, 0.15) is 36.1 Å². The first-order chi connectivity index (χ1) is 13.4. The van der Waals surface area contributed by atoms with Gasteiger partial charge in [0.25, 0.3) is 0 Å². The monoisotopic (exact) mass is 410 g/mol. The molecule has 4 rings (SSSR count). The van der Waals surface area contributed by atoms with Gasteiger partial charge in [0.05, 0.1) is 18.2 Å². The lowest BCUT2D eigenvalue weighted by Gasteiger charge is -2.26. The summed E-state index contributed by atoms with van der Waals surface area (Å²) >= 11 is 0. The van der Waals surface area contributed by atoms with Crippen LogP contribution in [0.5, 0.6) is 5.75 Å². The quantitative estimate of drug-likeness (QED) is 0.386. The maximum atomic E-state index is 13.8. The molecule has 0 amide bonds. The van der Waals surface area contributed by atoms with Crippen LogP contribution in [0.3, 0.4) is 0 Å².